The van der Waals surface area contributed by atoms with Gasteiger partial charge in [0, 0.05) is 10.6 Å². The van der Waals surface area contributed by atoms with Crippen molar-refractivity contribution < 1.29 is 8.95 Å². The number of rotatable bonds is 8. The number of benzene rings is 1. The molecule has 0 aliphatic heterocycles. The summed E-state index contributed by atoms with van der Waals surface area (Å²) >= 11 is 0. The van der Waals surface area contributed by atoms with Crippen LogP contribution in [0.4, 0.5) is 0 Å². The lowest BCUT2D eigenvalue weighted by atomic mass is 10.3. The first kappa shape index (κ1) is 14.2. The summed E-state index contributed by atoms with van der Waals surface area (Å²) < 4.78 is 17.0. The van der Waals surface area contributed by atoms with Crippen molar-refractivity contribution in [3.05, 3.63) is 24.3 Å². The molecule has 4 heteroatoms. The molecule has 0 spiro atoms. The molecule has 1 rings (SSSR count). The minimum atomic E-state index is -0.895. The van der Waals surface area contributed by atoms with Crippen molar-refractivity contribution in [2.45, 2.75) is 24.7 Å². The van der Waals surface area contributed by atoms with Crippen LogP contribution in [-0.2, 0) is 10.8 Å². The summed E-state index contributed by atoms with van der Waals surface area (Å²) in [6.07, 6.45) is 2.08. The van der Waals surface area contributed by atoms with Crippen molar-refractivity contribution in [2.24, 2.45) is 0 Å². The zero-order valence-corrected chi connectivity index (χ0v) is 11.4. The van der Waals surface area contributed by atoms with Gasteiger partial charge >= 0.3 is 0 Å². The number of ether oxygens (including phenoxy) is 1. The van der Waals surface area contributed by atoms with Crippen LogP contribution in [0.15, 0.2) is 29.2 Å². The molecule has 1 atom stereocenters. The molecule has 0 saturated heterocycles. The minimum absolute atomic E-state index is 0.711. The lowest BCUT2D eigenvalue weighted by Gasteiger charge is -2.05. The first-order valence-electron chi connectivity index (χ1n) is 6.01. The van der Waals surface area contributed by atoms with Crippen LogP contribution in [0.2, 0.25) is 0 Å². The highest BCUT2D eigenvalue weighted by atomic mass is 32.2. The second-order valence-electron chi connectivity index (χ2n) is 3.83. The number of hydrogen-bond acceptors (Lipinski definition) is 3. The van der Waals surface area contributed by atoms with E-state index in [0.717, 1.165) is 36.6 Å². The molecule has 0 fully saturated rings. The van der Waals surface area contributed by atoms with Gasteiger partial charge in [0.25, 0.3) is 0 Å². The van der Waals surface area contributed by atoms with E-state index in [0.29, 0.717) is 5.75 Å². The fourth-order valence-corrected chi connectivity index (χ4v) is 2.56. The zero-order valence-electron chi connectivity index (χ0n) is 10.6. The van der Waals surface area contributed by atoms with E-state index in [1.165, 1.54) is 0 Å². The molecule has 1 N–H and O–H groups in total. The van der Waals surface area contributed by atoms with Crippen LogP contribution in [0, 0.1) is 0 Å². The Morgan fingerprint density at radius 2 is 1.94 bits per heavy atom. The van der Waals surface area contributed by atoms with Crippen molar-refractivity contribution in [1.29, 1.82) is 0 Å². The second-order valence-corrected chi connectivity index (χ2v) is 5.40. The van der Waals surface area contributed by atoms with Gasteiger partial charge in [-0.2, -0.15) is 0 Å². The largest absolute Gasteiger partial charge is 0.497 e. The molecule has 0 heterocycles. The molecular weight excluding hydrogens is 234 g/mol. The van der Waals surface area contributed by atoms with Gasteiger partial charge in [-0.05, 0) is 50.2 Å². The number of methoxy groups -OCH3 is 1. The predicted molar refractivity (Wildman–Crippen MR) is 72.0 cm³/mol. The second kappa shape index (κ2) is 8.25. The van der Waals surface area contributed by atoms with E-state index < -0.39 is 10.8 Å². The Morgan fingerprint density at radius 3 is 2.53 bits per heavy atom. The van der Waals surface area contributed by atoms with Gasteiger partial charge < -0.3 is 10.1 Å². The van der Waals surface area contributed by atoms with Gasteiger partial charge in [0.15, 0.2) is 0 Å². The molecule has 0 bridgehead atoms. The first-order chi connectivity index (χ1) is 8.27. The topological polar surface area (TPSA) is 38.3 Å². The molecule has 0 aliphatic carbocycles. The minimum Gasteiger partial charge on any atom is -0.497 e. The van der Waals surface area contributed by atoms with Crippen LogP contribution in [0.1, 0.15) is 19.8 Å². The molecule has 1 unspecified atom stereocenters. The van der Waals surface area contributed by atoms with Crippen LogP contribution in [0.5, 0.6) is 5.75 Å². The number of hydrogen-bond donors (Lipinski definition) is 1. The maximum atomic E-state index is 11.9. The number of nitrogens with one attached hydrogen (secondary N) is 1. The Morgan fingerprint density at radius 1 is 1.24 bits per heavy atom. The highest BCUT2D eigenvalue weighted by Crippen LogP contribution is 2.14. The van der Waals surface area contributed by atoms with E-state index in [1.54, 1.807) is 7.11 Å². The Kier molecular flexibility index (Phi) is 6.89. The Hall–Kier alpha value is -0.870. The van der Waals surface area contributed by atoms with E-state index in [4.69, 9.17) is 4.74 Å². The van der Waals surface area contributed by atoms with Crippen LogP contribution in [0.3, 0.4) is 0 Å². The van der Waals surface area contributed by atoms with Crippen molar-refractivity contribution in [3.8, 4) is 5.75 Å². The van der Waals surface area contributed by atoms with Gasteiger partial charge in [-0.15, -0.1) is 0 Å². The van der Waals surface area contributed by atoms with Gasteiger partial charge in [-0.1, -0.05) is 6.92 Å². The Labute approximate surface area is 106 Å². The summed E-state index contributed by atoms with van der Waals surface area (Å²) in [7, 11) is 0.736. The Bertz CT molecular complexity index is 338. The lowest BCUT2D eigenvalue weighted by molar-refractivity contribution is 0.414. The molecular formula is C13H21NO2S. The molecule has 3 nitrogen and oxygen atoms in total. The van der Waals surface area contributed by atoms with Crippen LogP contribution in [-0.4, -0.2) is 30.2 Å². The van der Waals surface area contributed by atoms with Crippen molar-refractivity contribution in [3.63, 3.8) is 0 Å². The van der Waals surface area contributed by atoms with Crippen LogP contribution >= 0.6 is 0 Å². The van der Waals surface area contributed by atoms with Gasteiger partial charge in [-0.3, -0.25) is 4.21 Å². The van der Waals surface area contributed by atoms with Gasteiger partial charge in [0.05, 0.1) is 17.9 Å². The third kappa shape index (κ3) is 5.33. The summed E-state index contributed by atoms with van der Waals surface area (Å²) in [6.45, 7) is 4.12. The van der Waals surface area contributed by atoms with Gasteiger partial charge in [0.2, 0.25) is 0 Å². The summed E-state index contributed by atoms with van der Waals surface area (Å²) in [5.41, 5.74) is 0. The maximum Gasteiger partial charge on any atom is 0.118 e. The smallest absolute Gasteiger partial charge is 0.118 e. The fourth-order valence-electron chi connectivity index (χ4n) is 1.48. The summed E-state index contributed by atoms with van der Waals surface area (Å²) in [5, 5.41) is 3.31. The fraction of sp³-hybridized carbons (Fsp3) is 0.538. The first-order valence-corrected chi connectivity index (χ1v) is 7.33. The van der Waals surface area contributed by atoms with E-state index in [-0.39, 0.29) is 0 Å². The van der Waals surface area contributed by atoms with Gasteiger partial charge in [-0.25, -0.2) is 0 Å². The quantitative estimate of drug-likeness (QED) is 0.724. The molecule has 0 amide bonds. The molecule has 1 aromatic rings. The van der Waals surface area contributed by atoms with Gasteiger partial charge in [0.1, 0.15) is 5.75 Å². The normalized spacial score (nSPS) is 12.4. The summed E-state index contributed by atoms with van der Waals surface area (Å²) in [4.78, 5) is 0.876. The highest BCUT2D eigenvalue weighted by Gasteiger charge is 2.03. The van der Waals surface area contributed by atoms with Crippen LogP contribution in [0.25, 0.3) is 0 Å². The monoisotopic (exact) mass is 255 g/mol. The third-order valence-electron chi connectivity index (χ3n) is 2.43. The molecule has 0 aromatic heterocycles. The standard InChI is InChI=1S/C13H21NO2S/c1-3-9-14-10-4-11-17(15)13-7-5-12(16-2)6-8-13/h5-8,14H,3-4,9-11H2,1-2H3. The van der Waals surface area contributed by atoms with Crippen molar-refractivity contribution in [2.75, 3.05) is 26.0 Å². The van der Waals surface area contributed by atoms with E-state index in [1.807, 2.05) is 24.3 Å². The average Bonchev–Trinajstić information content (AvgIpc) is 2.38. The maximum absolute atomic E-state index is 11.9. The predicted octanol–water partition coefficient (Wildman–Crippen LogP) is 2.19. The summed E-state index contributed by atoms with van der Waals surface area (Å²) in [6, 6.07) is 7.44. The van der Waals surface area contributed by atoms with E-state index in [2.05, 4.69) is 12.2 Å². The zero-order chi connectivity index (χ0) is 12.5. The molecule has 17 heavy (non-hydrogen) atoms. The van der Waals surface area contributed by atoms with E-state index in [9.17, 15) is 4.21 Å². The molecule has 96 valence electrons. The summed E-state index contributed by atoms with van der Waals surface area (Å²) in [5.74, 6) is 1.51. The average molecular weight is 255 g/mol. The van der Waals surface area contributed by atoms with Crippen molar-refractivity contribution in [1.82, 2.24) is 5.32 Å². The molecule has 1 aromatic carbocycles. The van der Waals surface area contributed by atoms with Crippen LogP contribution < -0.4 is 10.1 Å². The van der Waals surface area contributed by atoms with E-state index >= 15 is 0 Å². The van der Waals surface area contributed by atoms with Crippen molar-refractivity contribution >= 4 is 10.8 Å². The molecule has 0 saturated carbocycles. The third-order valence-corrected chi connectivity index (χ3v) is 3.89. The highest BCUT2D eigenvalue weighted by molar-refractivity contribution is 7.85. The SMILES string of the molecule is CCCNCCCS(=O)c1ccc(OC)cc1. The Balaban J connectivity index is 2.31. The lowest BCUT2D eigenvalue weighted by Crippen LogP contribution is -2.17. The molecule has 0 aliphatic rings. The molecule has 0 radical (unpaired) electrons.